The second-order valence-electron chi connectivity index (χ2n) is 4.09. The monoisotopic (exact) mass is 268 g/mol. The van der Waals surface area contributed by atoms with Crippen molar-refractivity contribution in [2.24, 2.45) is 0 Å². The smallest absolute Gasteiger partial charge is 0.342 e. The standard InChI is InChI=1S/C12H16N2O5/c1-2-4-8(15)7-13-10-6-3-5-9(12(16)17)11(10)14(18)19/h3,5-6,8,13,15H,2,4,7H2,1H3,(H,16,17). The van der Waals surface area contributed by atoms with E-state index in [0.29, 0.717) is 6.42 Å². The van der Waals surface area contributed by atoms with Crippen LogP contribution in [-0.4, -0.2) is 33.8 Å². The minimum Gasteiger partial charge on any atom is -0.477 e. The van der Waals surface area contributed by atoms with Gasteiger partial charge in [0.15, 0.2) is 0 Å². The summed E-state index contributed by atoms with van der Waals surface area (Å²) in [7, 11) is 0. The Labute approximate surface area is 110 Å². The number of carboxylic acids is 1. The molecule has 0 heterocycles. The number of para-hydroxylation sites is 1. The number of aliphatic hydroxyl groups is 1. The SMILES string of the molecule is CCCC(O)CNc1cccc(C(=O)O)c1[N+](=O)[O-]. The average molecular weight is 268 g/mol. The van der Waals surface area contributed by atoms with Crippen molar-refractivity contribution < 1.29 is 19.9 Å². The predicted molar refractivity (Wildman–Crippen MR) is 69.5 cm³/mol. The number of benzene rings is 1. The molecule has 1 rings (SSSR count). The van der Waals surface area contributed by atoms with Crippen LogP contribution in [0.4, 0.5) is 11.4 Å². The highest BCUT2D eigenvalue weighted by Gasteiger charge is 2.24. The van der Waals surface area contributed by atoms with E-state index in [1.54, 1.807) is 0 Å². The zero-order valence-electron chi connectivity index (χ0n) is 10.5. The predicted octanol–water partition coefficient (Wildman–Crippen LogP) is 1.87. The molecule has 1 atom stereocenters. The number of aromatic carboxylic acids is 1. The van der Waals surface area contributed by atoms with Crippen LogP contribution in [0.1, 0.15) is 30.1 Å². The number of nitrogens with one attached hydrogen (secondary N) is 1. The number of anilines is 1. The molecule has 0 aliphatic rings. The molecule has 104 valence electrons. The van der Waals surface area contributed by atoms with Crippen LogP contribution in [0.15, 0.2) is 18.2 Å². The van der Waals surface area contributed by atoms with E-state index in [9.17, 15) is 20.0 Å². The molecular formula is C12H16N2O5. The molecular weight excluding hydrogens is 252 g/mol. The van der Waals surface area contributed by atoms with E-state index in [2.05, 4.69) is 5.32 Å². The lowest BCUT2D eigenvalue weighted by Gasteiger charge is -2.12. The van der Waals surface area contributed by atoms with Gasteiger partial charge in [0.2, 0.25) is 0 Å². The molecule has 0 saturated carbocycles. The van der Waals surface area contributed by atoms with Crippen molar-refractivity contribution in [1.29, 1.82) is 0 Å². The highest BCUT2D eigenvalue weighted by atomic mass is 16.6. The van der Waals surface area contributed by atoms with Gasteiger partial charge in [-0.3, -0.25) is 10.1 Å². The summed E-state index contributed by atoms with van der Waals surface area (Å²) >= 11 is 0. The van der Waals surface area contributed by atoms with Gasteiger partial charge in [0, 0.05) is 6.54 Å². The van der Waals surface area contributed by atoms with Crippen LogP contribution in [0, 0.1) is 10.1 Å². The first-order chi connectivity index (χ1) is 8.97. The Morgan fingerprint density at radius 3 is 2.74 bits per heavy atom. The number of nitro benzene ring substituents is 1. The lowest BCUT2D eigenvalue weighted by Crippen LogP contribution is -2.20. The molecule has 3 N–H and O–H groups in total. The zero-order valence-corrected chi connectivity index (χ0v) is 10.5. The molecule has 0 amide bonds. The minimum atomic E-state index is -1.36. The molecule has 0 aromatic heterocycles. The van der Waals surface area contributed by atoms with Crippen LogP contribution >= 0.6 is 0 Å². The van der Waals surface area contributed by atoms with Gasteiger partial charge in [-0.05, 0) is 18.6 Å². The number of nitrogens with zero attached hydrogens (tertiary/aromatic N) is 1. The Hall–Kier alpha value is -2.15. The van der Waals surface area contributed by atoms with Crippen LogP contribution in [0.3, 0.4) is 0 Å². The minimum absolute atomic E-state index is 0.0973. The van der Waals surface area contributed by atoms with Crippen LogP contribution in [0.5, 0.6) is 0 Å². The number of hydrogen-bond acceptors (Lipinski definition) is 5. The van der Waals surface area contributed by atoms with Gasteiger partial charge in [0.25, 0.3) is 0 Å². The highest BCUT2D eigenvalue weighted by Crippen LogP contribution is 2.28. The second kappa shape index (κ2) is 6.69. The van der Waals surface area contributed by atoms with Gasteiger partial charge in [-0.1, -0.05) is 19.4 Å². The van der Waals surface area contributed by atoms with E-state index in [1.165, 1.54) is 18.2 Å². The van der Waals surface area contributed by atoms with Crippen molar-refractivity contribution in [2.45, 2.75) is 25.9 Å². The number of rotatable bonds is 7. The molecule has 0 fully saturated rings. The highest BCUT2D eigenvalue weighted by molar-refractivity contribution is 5.95. The van der Waals surface area contributed by atoms with Gasteiger partial charge >= 0.3 is 11.7 Å². The normalized spacial score (nSPS) is 11.9. The quantitative estimate of drug-likeness (QED) is 0.514. The molecule has 0 radical (unpaired) electrons. The number of carboxylic acid groups (broad SMARTS) is 1. The summed E-state index contributed by atoms with van der Waals surface area (Å²) in [6.45, 7) is 2.05. The first kappa shape index (κ1) is 14.9. The first-order valence-electron chi connectivity index (χ1n) is 5.90. The van der Waals surface area contributed by atoms with Gasteiger partial charge in [0.05, 0.1) is 11.0 Å². The largest absolute Gasteiger partial charge is 0.477 e. The molecule has 1 aromatic rings. The van der Waals surface area contributed by atoms with E-state index in [1.807, 2.05) is 6.92 Å². The zero-order chi connectivity index (χ0) is 14.4. The summed E-state index contributed by atoms with van der Waals surface area (Å²) in [6.07, 6.45) is 0.734. The summed E-state index contributed by atoms with van der Waals surface area (Å²) < 4.78 is 0. The van der Waals surface area contributed by atoms with Crippen molar-refractivity contribution >= 4 is 17.3 Å². The molecule has 7 nitrogen and oxygen atoms in total. The van der Waals surface area contributed by atoms with E-state index < -0.39 is 22.7 Å². The lowest BCUT2D eigenvalue weighted by molar-refractivity contribution is -0.384. The number of hydrogen-bond donors (Lipinski definition) is 3. The van der Waals surface area contributed by atoms with Crippen molar-refractivity contribution in [3.05, 3.63) is 33.9 Å². The maximum Gasteiger partial charge on any atom is 0.342 e. The molecule has 0 aliphatic heterocycles. The Morgan fingerprint density at radius 1 is 1.53 bits per heavy atom. The maximum atomic E-state index is 11.0. The van der Waals surface area contributed by atoms with Gasteiger partial charge in [0.1, 0.15) is 11.3 Å². The van der Waals surface area contributed by atoms with Gasteiger partial charge in [-0.2, -0.15) is 0 Å². The first-order valence-corrected chi connectivity index (χ1v) is 5.90. The molecule has 1 unspecified atom stereocenters. The third-order valence-corrected chi connectivity index (χ3v) is 2.60. The summed E-state index contributed by atoms with van der Waals surface area (Å²) in [5.41, 5.74) is -0.765. The van der Waals surface area contributed by atoms with Gasteiger partial charge in [-0.15, -0.1) is 0 Å². The van der Waals surface area contributed by atoms with Crippen molar-refractivity contribution in [1.82, 2.24) is 0 Å². The van der Waals surface area contributed by atoms with Gasteiger partial charge in [-0.25, -0.2) is 4.79 Å². The van der Waals surface area contributed by atoms with E-state index in [0.717, 1.165) is 6.42 Å². The van der Waals surface area contributed by atoms with Gasteiger partial charge < -0.3 is 15.5 Å². The lowest BCUT2D eigenvalue weighted by atomic mass is 10.1. The molecule has 0 bridgehead atoms. The summed E-state index contributed by atoms with van der Waals surface area (Å²) in [4.78, 5) is 21.2. The Morgan fingerprint density at radius 2 is 2.21 bits per heavy atom. The molecule has 0 aliphatic carbocycles. The fourth-order valence-corrected chi connectivity index (χ4v) is 1.72. The molecule has 7 heteroatoms. The van der Waals surface area contributed by atoms with Crippen LogP contribution in [0.2, 0.25) is 0 Å². The number of aliphatic hydroxyl groups excluding tert-OH is 1. The van der Waals surface area contributed by atoms with Crippen LogP contribution in [-0.2, 0) is 0 Å². The van der Waals surface area contributed by atoms with E-state index in [4.69, 9.17) is 5.11 Å². The fourth-order valence-electron chi connectivity index (χ4n) is 1.72. The third-order valence-electron chi connectivity index (χ3n) is 2.60. The summed E-state index contributed by atoms with van der Waals surface area (Å²) in [5.74, 6) is -1.36. The van der Waals surface area contributed by atoms with E-state index in [-0.39, 0.29) is 17.8 Å². The molecule has 19 heavy (non-hydrogen) atoms. The Kier molecular flexibility index (Phi) is 5.25. The molecule has 0 saturated heterocycles. The Bertz CT molecular complexity index is 475. The molecule has 1 aromatic carbocycles. The van der Waals surface area contributed by atoms with Crippen molar-refractivity contribution in [3.8, 4) is 0 Å². The van der Waals surface area contributed by atoms with Crippen molar-refractivity contribution in [3.63, 3.8) is 0 Å². The number of nitro groups is 1. The van der Waals surface area contributed by atoms with E-state index >= 15 is 0 Å². The topological polar surface area (TPSA) is 113 Å². The summed E-state index contributed by atoms with van der Waals surface area (Å²) in [6, 6.07) is 4.02. The fraction of sp³-hybridized carbons (Fsp3) is 0.417. The van der Waals surface area contributed by atoms with Crippen molar-refractivity contribution in [2.75, 3.05) is 11.9 Å². The number of carbonyl (C=O) groups is 1. The average Bonchev–Trinajstić information content (AvgIpc) is 2.35. The summed E-state index contributed by atoms with van der Waals surface area (Å²) in [5, 5.41) is 32.2. The maximum absolute atomic E-state index is 11.0. The second-order valence-corrected chi connectivity index (χ2v) is 4.09. The van der Waals surface area contributed by atoms with Crippen LogP contribution in [0.25, 0.3) is 0 Å². The third kappa shape index (κ3) is 3.92. The Balaban J connectivity index is 2.97. The molecule has 0 spiro atoms. The van der Waals surface area contributed by atoms with Crippen LogP contribution < -0.4 is 5.32 Å².